The van der Waals surface area contributed by atoms with Gasteiger partial charge in [-0.1, -0.05) is 6.92 Å². The van der Waals surface area contributed by atoms with Crippen LogP contribution in [-0.4, -0.2) is 17.9 Å². The molecule has 48 valence electrons. The van der Waals surface area contributed by atoms with Crippen LogP contribution in [0.5, 0.6) is 0 Å². The average molecular weight is 118 g/mol. The Balaban J connectivity index is 2.30. The summed E-state index contributed by atoms with van der Waals surface area (Å²) in [6, 6.07) is 0. The van der Waals surface area contributed by atoms with Crippen molar-refractivity contribution in [3.05, 3.63) is 0 Å². The van der Waals surface area contributed by atoms with Crippen molar-refractivity contribution < 1.29 is 9.50 Å². The maximum absolute atomic E-state index is 12.1. The molecular formula is C6H11FO. The minimum Gasteiger partial charge on any atom is -0.396 e. The molecule has 0 unspecified atom stereocenters. The van der Waals surface area contributed by atoms with Gasteiger partial charge in [0.15, 0.2) is 0 Å². The largest absolute Gasteiger partial charge is 0.396 e. The molecule has 0 aromatic carbocycles. The van der Waals surface area contributed by atoms with Crippen LogP contribution < -0.4 is 0 Å². The predicted molar refractivity (Wildman–Crippen MR) is 29.3 cm³/mol. The lowest BCUT2D eigenvalue weighted by molar-refractivity contribution is -0.00712. The van der Waals surface area contributed by atoms with Crippen LogP contribution in [0, 0.1) is 5.41 Å². The zero-order valence-electron chi connectivity index (χ0n) is 5.02. The first-order valence-electron chi connectivity index (χ1n) is 2.91. The van der Waals surface area contributed by atoms with Gasteiger partial charge in [-0.05, 0) is 18.3 Å². The van der Waals surface area contributed by atoms with E-state index in [0.717, 1.165) is 0 Å². The topological polar surface area (TPSA) is 20.2 Å². The predicted octanol–water partition coefficient (Wildman–Crippen LogP) is 1.12. The maximum Gasteiger partial charge on any atom is 0.101 e. The lowest BCUT2D eigenvalue weighted by Gasteiger charge is -2.39. The van der Waals surface area contributed by atoms with Crippen molar-refractivity contribution in [3.8, 4) is 0 Å². The molecule has 1 aliphatic carbocycles. The van der Waals surface area contributed by atoms with Crippen molar-refractivity contribution >= 4 is 0 Å². The first-order valence-corrected chi connectivity index (χ1v) is 2.91. The Labute approximate surface area is 48.5 Å². The molecule has 0 aliphatic heterocycles. The Bertz CT molecular complexity index is 86.5. The molecule has 0 spiro atoms. The van der Waals surface area contributed by atoms with Crippen LogP contribution >= 0.6 is 0 Å². The Kier molecular flexibility index (Phi) is 1.27. The Morgan fingerprint density at radius 1 is 1.75 bits per heavy atom. The van der Waals surface area contributed by atoms with Crippen LogP contribution in [0.3, 0.4) is 0 Å². The highest BCUT2D eigenvalue weighted by Gasteiger charge is 2.39. The van der Waals surface area contributed by atoms with Crippen LogP contribution in [0.1, 0.15) is 19.8 Å². The van der Waals surface area contributed by atoms with Crippen molar-refractivity contribution in [1.82, 2.24) is 0 Å². The second kappa shape index (κ2) is 1.69. The molecule has 0 radical (unpaired) electrons. The Morgan fingerprint density at radius 3 is 2.38 bits per heavy atom. The monoisotopic (exact) mass is 118 g/mol. The molecule has 1 fully saturated rings. The number of alkyl halides is 1. The lowest BCUT2D eigenvalue weighted by Crippen LogP contribution is -2.38. The summed E-state index contributed by atoms with van der Waals surface area (Å²) in [4.78, 5) is 0. The molecule has 2 heteroatoms. The smallest absolute Gasteiger partial charge is 0.101 e. The molecule has 1 N–H and O–H groups in total. The van der Waals surface area contributed by atoms with E-state index in [4.69, 9.17) is 5.11 Å². The second-order valence-electron chi connectivity index (χ2n) is 2.97. The van der Waals surface area contributed by atoms with Crippen molar-refractivity contribution in [1.29, 1.82) is 0 Å². The minimum atomic E-state index is -0.646. The molecule has 0 atom stereocenters. The Hall–Kier alpha value is -0.110. The van der Waals surface area contributed by atoms with Gasteiger partial charge in [-0.25, -0.2) is 4.39 Å². The molecule has 0 bridgehead atoms. The molecule has 8 heavy (non-hydrogen) atoms. The Morgan fingerprint density at radius 2 is 2.25 bits per heavy atom. The van der Waals surface area contributed by atoms with Crippen LogP contribution in [-0.2, 0) is 0 Å². The van der Waals surface area contributed by atoms with E-state index in [9.17, 15) is 4.39 Å². The van der Waals surface area contributed by atoms with E-state index in [1.54, 1.807) is 0 Å². The number of aliphatic hydroxyl groups is 1. The van der Waals surface area contributed by atoms with Crippen LogP contribution in [0.2, 0.25) is 0 Å². The molecule has 1 nitrogen and oxygen atoms in total. The summed E-state index contributed by atoms with van der Waals surface area (Å²) in [5.74, 6) is 0. The third-order valence-corrected chi connectivity index (χ3v) is 1.81. The molecule has 1 aliphatic rings. The van der Waals surface area contributed by atoms with E-state index in [0.29, 0.717) is 12.8 Å². The number of halogens is 1. The molecular weight excluding hydrogens is 107 g/mol. The third kappa shape index (κ3) is 0.848. The van der Waals surface area contributed by atoms with Gasteiger partial charge in [0.05, 0.1) is 0 Å². The minimum absolute atomic E-state index is 0.0839. The summed E-state index contributed by atoms with van der Waals surface area (Å²) in [5.41, 5.74) is -0.0839. The zero-order valence-corrected chi connectivity index (χ0v) is 5.02. The van der Waals surface area contributed by atoms with Crippen LogP contribution in [0.4, 0.5) is 4.39 Å². The molecule has 0 amide bonds. The third-order valence-electron chi connectivity index (χ3n) is 1.81. The maximum atomic E-state index is 12.1. The highest BCUT2D eigenvalue weighted by Crippen LogP contribution is 2.41. The SMILES string of the molecule is C[C@]1(CO)C[C@@H](F)C1. The fourth-order valence-corrected chi connectivity index (χ4v) is 1.14. The molecule has 0 saturated heterocycles. The van der Waals surface area contributed by atoms with Crippen LogP contribution in [0.15, 0.2) is 0 Å². The van der Waals surface area contributed by atoms with Crippen LogP contribution in [0.25, 0.3) is 0 Å². The number of hydrogen-bond donors (Lipinski definition) is 1. The van der Waals surface area contributed by atoms with E-state index in [1.807, 2.05) is 6.92 Å². The second-order valence-corrected chi connectivity index (χ2v) is 2.97. The molecule has 1 saturated carbocycles. The highest BCUT2D eigenvalue weighted by molar-refractivity contribution is 4.89. The summed E-state index contributed by atoms with van der Waals surface area (Å²) >= 11 is 0. The normalized spacial score (nSPS) is 46.1. The number of hydrogen-bond acceptors (Lipinski definition) is 1. The summed E-state index contributed by atoms with van der Waals surface area (Å²) in [6.45, 7) is 2.04. The molecule has 0 aromatic rings. The average Bonchev–Trinajstić information content (AvgIpc) is 1.63. The summed E-state index contributed by atoms with van der Waals surface area (Å²) < 4.78 is 12.1. The van der Waals surface area contributed by atoms with Crippen molar-refractivity contribution in [2.24, 2.45) is 5.41 Å². The molecule has 1 rings (SSSR count). The van der Waals surface area contributed by atoms with Gasteiger partial charge in [-0.3, -0.25) is 0 Å². The number of aliphatic hydroxyl groups excluding tert-OH is 1. The highest BCUT2D eigenvalue weighted by atomic mass is 19.1. The zero-order chi connectivity index (χ0) is 6.20. The van der Waals surface area contributed by atoms with E-state index in [-0.39, 0.29) is 12.0 Å². The van der Waals surface area contributed by atoms with Gasteiger partial charge >= 0.3 is 0 Å². The van der Waals surface area contributed by atoms with E-state index < -0.39 is 6.17 Å². The van der Waals surface area contributed by atoms with Gasteiger partial charge in [0.1, 0.15) is 6.17 Å². The quantitative estimate of drug-likeness (QED) is 0.547. The summed E-state index contributed by atoms with van der Waals surface area (Å²) in [6.07, 6.45) is 0.444. The van der Waals surface area contributed by atoms with Gasteiger partial charge in [0.25, 0.3) is 0 Å². The summed E-state index contributed by atoms with van der Waals surface area (Å²) in [7, 11) is 0. The molecule has 0 aromatic heterocycles. The van der Waals surface area contributed by atoms with Crippen molar-refractivity contribution in [2.45, 2.75) is 25.9 Å². The van der Waals surface area contributed by atoms with Gasteiger partial charge in [0, 0.05) is 6.61 Å². The fourth-order valence-electron chi connectivity index (χ4n) is 1.14. The van der Waals surface area contributed by atoms with E-state index in [2.05, 4.69) is 0 Å². The van der Waals surface area contributed by atoms with E-state index in [1.165, 1.54) is 0 Å². The first-order chi connectivity index (χ1) is 3.66. The van der Waals surface area contributed by atoms with Gasteiger partial charge in [-0.15, -0.1) is 0 Å². The summed E-state index contributed by atoms with van der Waals surface area (Å²) in [5, 5.41) is 8.60. The molecule has 0 heterocycles. The fraction of sp³-hybridized carbons (Fsp3) is 1.00. The number of rotatable bonds is 1. The van der Waals surface area contributed by atoms with Crippen molar-refractivity contribution in [2.75, 3.05) is 6.61 Å². The standard InChI is InChI=1S/C6H11FO/c1-6(4-8)2-5(7)3-6/h5,8H,2-4H2,1H3/t5-,6+. The van der Waals surface area contributed by atoms with Gasteiger partial charge < -0.3 is 5.11 Å². The first kappa shape index (κ1) is 6.02. The van der Waals surface area contributed by atoms with Crippen molar-refractivity contribution in [3.63, 3.8) is 0 Å². The van der Waals surface area contributed by atoms with Gasteiger partial charge in [-0.2, -0.15) is 0 Å². The van der Waals surface area contributed by atoms with E-state index >= 15 is 0 Å². The van der Waals surface area contributed by atoms with Gasteiger partial charge in [0.2, 0.25) is 0 Å². The lowest BCUT2D eigenvalue weighted by atomic mass is 9.70.